The van der Waals surface area contributed by atoms with Crippen LogP contribution >= 0.6 is 0 Å². The second-order valence-electron chi connectivity index (χ2n) is 11.2. The van der Waals surface area contributed by atoms with Crippen molar-refractivity contribution in [3.05, 3.63) is 133 Å². The number of benzene rings is 5. The molecule has 0 bridgehead atoms. The summed E-state index contributed by atoms with van der Waals surface area (Å²) in [6.07, 6.45) is 0. The standard InChI is InChI=1S/C36H36BNO2/c1-35(2,39)36(3,4)40-37-30-22-25-34(33(26-30)29-16-10-6-11-17-29)38(31-18-12-7-13-19-31)32-23-20-28(21-24-32)27-14-8-5-9-15-27/h5-26,37,39H,1-4H3. The molecule has 1 N–H and O–H groups in total. The Hall–Kier alpha value is -4.12. The maximum Gasteiger partial charge on any atom is 0.309 e. The predicted octanol–water partition coefficient (Wildman–Crippen LogP) is 8.03. The van der Waals surface area contributed by atoms with Gasteiger partial charge in [-0.1, -0.05) is 109 Å². The molecular formula is C36H36BNO2. The Labute approximate surface area is 239 Å². The molecule has 5 aromatic carbocycles. The lowest BCUT2D eigenvalue weighted by atomic mass is 9.81. The molecule has 0 unspecified atom stereocenters. The van der Waals surface area contributed by atoms with E-state index in [0.29, 0.717) is 7.48 Å². The summed E-state index contributed by atoms with van der Waals surface area (Å²) < 4.78 is 6.23. The molecule has 0 atom stereocenters. The fraction of sp³-hybridized carbons (Fsp3) is 0.167. The zero-order valence-electron chi connectivity index (χ0n) is 23.7. The van der Waals surface area contributed by atoms with Crippen molar-refractivity contribution < 1.29 is 9.76 Å². The lowest BCUT2D eigenvalue weighted by molar-refractivity contribution is -0.0893. The van der Waals surface area contributed by atoms with Gasteiger partial charge in [0.25, 0.3) is 0 Å². The fourth-order valence-corrected chi connectivity index (χ4v) is 4.60. The molecule has 0 amide bonds. The summed E-state index contributed by atoms with van der Waals surface area (Å²) in [7, 11) is 0.397. The van der Waals surface area contributed by atoms with Gasteiger partial charge in [0, 0.05) is 16.9 Å². The van der Waals surface area contributed by atoms with Crippen molar-refractivity contribution >= 4 is 30.0 Å². The summed E-state index contributed by atoms with van der Waals surface area (Å²) in [4.78, 5) is 2.31. The van der Waals surface area contributed by atoms with E-state index in [9.17, 15) is 5.11 Å². The van der Waals surface area contributed by atoms with E-state index in [0.717, 1.165) is 33.7 Å². The van der Waals surface area contributed by atoms with Crippen LogP contribution in [0.15, 0.2) is 133 Å². The third-order valence-corrected chi connectivity index (χ3v) is 7.71. The van der Waals surface area contributed by atoms with Crippen molar-refractivity contribution in [1.29, 1.82) is 0 Å². The van der Waals surface area contributed by atoms with E-state index in [1.807, 2.05) is 32.0 Å². The van der Waals surface area contributed by atoms with Crippen LogP contribution in [0.1, 0.15) is 27.7 Å². The molecule has 0 spiro atoms. The minimum absolute atomic E-state index is 0.397. The van der Waals surface area contributed by atoms with E-state index < -0.39 is 11.2 Å². The van der Waals surface area contributed by atoms with Crippen LogP contribution in [0.25, 0.3) is 22.3 Å². The predicted molar refractivity (Wildman–Crippen MR) is 170 cm³/mol. The minimum Gasteiger partial charge on any atom is -0.427 e. The van der Waals surface area contributed by atoms with E-state index in [1.165, 1.54) is 11.1 Å². The largest absolute Gasteiger partial charge is 0.427 e. The third kappa shape index (κ3) is 6.04. The lowest BCUT2D eigenvalue weighted by Gasteiger charge is -2.37. The molecule has 0 saturated carbocycles. The van der Waals surface area contributed by atoms with Gasteiger partial charge >= 0.3 is 7.48 Å². The Bertz CT molecular complexity index is 1530. The highest BCUT2D eigenvalue weighted by atomic mass is 16.5. The number of aliphatic hydroxyl groups is 1. The molecule has 0 aromatic heterocycles. The van der Waals surface area contributed by atoms with Gasteiger partial charge in [0.15, 0.2) is 0 Å². The molecule has 40 heavy (non-hydrogen) atoms. The Morgan fingerprint density at radius 2 is 1.07 bits per heavy atom. The third-order valence-electron chi connectivity index (χ3n) is 7.71. The maximum absolute atomic E-state index is 10.6. The smallest absolute Gasteiger partial charge is 0.309 e. The van der Waals surface area contributed by atoms with E-state index in [2.05, 4.69) is 120 Å². The van der Waals surface area contributed by atoms with Gasteiger partial charge in [-0.05, 0) is 74.7 Å². The average molecular weight is 526 g/mol. The number of anilines is 3. The molecule has 5 aromatic rings. The van der Waals surface area contributed by atoms with Gasteiger partial charge in [-0.3, -0.25) is 0 Å². The Morgan fingerprint density at radius 3 is 1.65 bits per heavy atom. The van der Waals surface area contributed by atoms with Crippen molar-refractivity contribution in [2.24, 2.45) is 0 Å². The second kappa shape index (κ2) is 11.6. The molecular weight excluding hydrogens is 489 g/mol. The Morgan fingerprint density at radius 1 is 0.575 bits per heavy atom. The molecule has 4 heteroatoms. The molecule has 0 saturated heterocycles. The van der Waals surface area contributed by atoms with E-state index in [-0.39, 0.29) is 0 Å². The first-order chi connectivity index (χ1) is 19.2. The van der Waals surface area contributed by atoms with Crippen LogP contribution in [0.3, 0.4) is 0 Å². The van der Waals surface area contributed by atoms with Crippen LogP contribution in [0.4, 0.5) is 17.1 Å². The van der Waals surface area contributed by atoms with Gasteiger partial charge in [-0.15, -0.1) is 0 Å². The molecule has 3 nitrogen and oxygen atoms in total. The van der Waals surface area contributed by atoms with Crippen LogP contribution in [-0.4, -0.2) is 23.8 Å². The van der Waals surface area contributed by atoms with Gasteiger partial charge in [-0.25, -0.2) is 0 Å². The molecule has 200 valence electrons. The number of para-hydroxylation sites is 1. The van der Waals surface area contributed by atoms with E-state index in [1.54, 1.807) is 13.8 Å². The zero-order chi connectivity index (χ0) is 28.2. The van der Waals surface area contributed by atoms with Crippen molar-refractivity contribution in [2.45, 2.75) is 38.9 Å². The van der Waals surface area contributed by atoms with Crippen LogP contribution in [0.2, 0.25) is 0 Å². The highest BCUT2D eigenvalue weighted by molar-refractivity contribution is 6.47. The molecule has 0 aliphatic heterocycles. The maximum atomic E-state index is 10.6. The second-order valence-corrected chi connectivity index (χ2v) is 11.2. The lowest BCUT2D eigenvalue weighted by Crippen LogP contribution is -2.49. The fourth-order valence-electron chi connectivity index (χ4n) is 4.60. The van der Waals surface area contributed by atoms with Crippen LogP contribution < -0.4 is 10.4 Å². The summed E-state index contributed by atoms with van der Waals surface area (Å²) in [6.45, 7) is 7.42. The molecule has 0 radical (unpaired) electrons. The van der Waals surface area contributed by atoms with E-state index in [4.69, 9.17) is 4.65 Å². The molecule has 0 aliphatic rings. The summed E-state index contributed by atoms with van der Waals surface area (Å²) in [5, 5.41) is 10.6. The van der Waals surface area contributed by atoms with Gasteiger partial charge < -0.3 is 14.7 Å². The van der Waals surface area contributed by atoms with Crippen molar-refractivity contribution in [1.82, 2.24) is 0 Å². The highest BCUT2D eigenvalue weighted by Gasteiger charge is 2.35. The summed E-state index contributed by atoms with van der Waals surface area (Å²) in [5.74, 6) is 0. The average Bonchev–Trinajstić information content (AvgIpc) is 2.98. The first kappa shape index (κ1) is 27.5. The monoisotopic (exact) mass is 525 g/mol. The quantitative estimate of drug-likeness (QED) is 0.198. The number of hydrogen-bond donors (Lipinski definition) is 1. The zero-order valence-corrected chi connectivity index (χ0v) is 23.7. The summed E-state index contributed by atoms with van der Waals surface area (Å²) in [6, 6.07) is 46.6. The van der Waals surface area contributed by atoms with Gasteiger partial charge in [0.05, 0.1) is 16.9 Å². The van der Waals surface area contributed by atoms with Crippen molar-refractivity contribution in [3.63, 3.8) is 0 Å². The van der Waals surface area contributed by atoms with Crippen LogP contribution in [-0.2, 0) is 4.65 Å². The normalized spacial score (nSPS) is 11.7. The Balaban J connectivity index is 1.59. The first-order valence-corrected chi connectivity index (χ1v) is 13.8. The molecule has 0 heterocycles. The highest BCUT2D eigenvalue weighted by Crippen LogP contribution is 2.40. The molecule has 5 rings (SSSR count). The molecule has 0 fully saturated rings. The number of hydrogen-bond acceptors (Lipinski definition) is 3. The van der Waals surface area contributed by atoms with E-state index >= 15 is 0 Å². The number of nitrogens with zero attached hydrogens (tertiary/aromatic N) is 1. The van der Waals surface area contributed by atoms with Crippen LogP contribution in [0.5, 0.6) is 0 Å². The SMILES string of the molecule is CC(C)(O)C(C)(C)OBc1ccc(N(c2ccccc2)c2ccc(-c3ccccc3)cc2)c(-c2ccccc2)c1. The van der Waals surface area contributed by atoms with Gasteiger partial charge in [0.1, 0.15) is 0 Å². The van der Waals surface area contributed by atoms with Crippen LogP contribution in [0, 0.1) is 0 Å². The Kier molecular flexibility index (Phi) is 7.93. The first-order valence-electron chi connectivity index (χ1n) is 13.8. The summed E-state index contributed by atoms with van der Waals surface area (Å²) in [5.41, 5.74) is 7.24. The van der Waals surface area contributed by atoms with Gasteiger partial charge in [-0.2, -0.15) is 0 Å². The van der Waals surface area contributed by atoms with Crippen molar-refractivity contribution in [2.75, 3.05) is 4.90 Å². The topological polar surface area (TPSA) is 32.7 Å². The molecule has 0 aliphatic carbocycles. The summed E-state index contributed by atoms with van der Waals surface area (Å²) >= 11 is 0. The number of rotatable bonds is 9. The minimum atomic E-state index is -0.967. The van der Waals surface area contributed by atoms with Crippen molar-refractivity contribution in [3.8, 4) is 22.3 Å². The van der Waals surface area contributed by atoms with Gasteiger partial charge in [0.2, 0.25) is 0 Å².